The second-order valence-corrected chi connectivity index (χ2v) is 5.68. The SMILES string of the molecule is CCCNC(Cc1cccc(Br)c1)CC(C)OC. The Morgan fingerprint density at radius 3 is 2.78 bits per heavy atom. The quantitative estimate of drug-likeness (QED) is 0.788. The number of rotatable bonds is 8. The van der Waals surface area contributed by atoms with Crippen LogP contribution in [0.4, 0.5) is 0 Å². The third kappa shape index (κ3) is 5.98. The minimum atomic E-state index is 0.298. The van der Waals surface area contributed by atoms with Gasteiger partial charge in [0.2, 0.25) is 0 Å². The first-order valence-corrected chi connectivity index (χ1v) is 7.45. The summed E-state index contributed by atoms with van der Waals surface area (Å²) < 4.78 is 6.52. The molecule has 0 aliphatic carbocycles. The summed E-state index contributed by atoms with van der Waals surface area (Å²) in [6, 6.07) is 9.02. The lowest BCUT2D eigenvalue weighted by Crippen LogP contribution is -2.35. The predicted octanol–water partition coefficient (Wildman–Crippen LogP) is 3.78. The lowest BCUT2D eigenvalue weighted by atomic mass is 10.0. The molecule has 18 heavy (non-hydrogen) atoms. The zero-order valence-corrected chi connectivity index (χ0v) is 13.2. The molecule has 0 saturated heterocycles. The average Bonchev–Trinajstić information content (AvgIpc) is 2.35. The largest absolute Gasteiger partial charge is 0.382 e. The minimum absolute atomic E-state index is 0.298. The van der Waals surface area contributed by atoms with Gasteiger partial charge in [0.15, 0.2) is 0 Å². The molecule has 0 amide bonds. The number of benzene rings is 1. The predicted molar refractivity (Wildman–Crippen MR) is 81.0 cm³/mol. The van der Waals surface area contributed by atoms with Gasteiger partial charge in [0, 0.05) is 17.6 Å². The Hall–Kier alpha value is -0.380. The summed E-state index contributed by atoms with van der Waals surface area (Å²) in [5.41, 5.74) is 1.36. The second-order valence-electron chi connectivity index (χ2n) is 4.77. The molecule has 1 rings (SSSR count). The highest BCUT2D eigenvalue weighted by Crippen LogP contribution is 2.15. The van der Waals surface area contributed by atoms with Crippen molar-refractivity contribution in [3.63, 3.8) is 0 Å². The first-order chi connectivity index (χ1) is 8.65. The van der Waals surface area contributed by atoms with E-state index in [1.54, 1.807) is 7.11 Å². The van der Waals surface area contributed by atoms with Gasteiger partial charge in [-0.3, -0.25) is 0 Å². The molecule has 0 aliphatic heterocycles. The van der Waals surface area contributed by atoms with Crippen LogP contribution >= 0.6 is 15.9 Å². The average molecular weight is 314 g/mol. The fraction of sp³-hybridized carbons (Fsp3) is 0.600. The van der Waals surface area contributed by atoms with E-state index in [0.717, 1.165) is 30.3 Å². The van der Waals surface area contributed by atoms with E-state index in [2.05, 4.69) is 59.4 Å². The molecule has 0 heterocycles. The van der Waals surface area contributed by atoms with Crippen molar-refractivity contribution in [3.05, 3.63) is 34.3 Å². The highest BCUT2D eigenvalue weighted by atomic mass is 79.9. The lowest BCUT2D eigenvalue weighted by molar-refractivity contribution is 0.100. The van der Waals surface area contributed by atoms with Crippen LogP contribution in [-0.4, -0.2) is 25.8 Å². The molecule has 1 N–H and O–H groups in total. The van der Waals surface area contributed by atoms with E-state index in [9.17, 15) is 0 Å². The van der Waals surface area contributed by atoms with Crippen molar-refractivity contribution >= 4 is 15.9 Å². The summed E-state index contributed by atoms with van der Waals surface area (Å²) in [5.74, 6) is 0. The Morgan fingerprint density at radius 1 is 1.39 bits per heavy atom. The van der Waals surface area contributed by atoms with Gasteiger partial charge in [-0.25, -0.2) is 0 Å². The van der Waals surface area contributed by atoms with Crippen LogP contribution in [0.5, 0.6) is 0 Å². The molecule has 0 aromatic heterocycles. The van der Waals surface area contributed by atoms with Crippen LogP contribution in [0.25, 0.3) is 0 Å². The van der Waals surface area contributed by atoms with Crippen molar-refractivity contribution in [2.75, 3.05) is 13.7 Å². The summed E-state index contributed by atoms with van der Waals surface area (Å²) in [6.07, 6.45) is 3.55. The van der Waals surface area contributed by atoms with Crippen LogP contribution < -0.4 is 5.32 Å². The van der Waals surface area contributed by atoms with E-state index in [-0.39, 0.29) is 0 Å². The summed E-state index contributed by atoms with van der Waals surface area (Å²) >= 11 is 3.52. The van der Waals surface area contributed by atoms with Crippen molar-refractivity contribution in [1.29, 1.82) is 0 Å². The van der Waals surface area contributed by atoms with Gasteiger partial charge in [-0.15, -0.1) is 0 Å². The Bertz CT molecular complexity index is 343. The van der Waals surface area contributed by atoms with Crippen LogP contribution in [0.2, 0.25) is 0 Å². The van der Waals surface area contributed by atoms with Crippen molar-refractivity contribution in [2.24, 2.45) is 0 Å². The van der Waals surface area contributed by atoms with E-state index in [1.807, 2.05) is 0 Å². The summed E-state index contributed by atoms with van der Waals surface area (Å²) in [5, 5.41) is 3.61. The van der Waals surface area contributed by atoms with Crippen LogP contribution in [-0.2, 0) is 11.2 Å². The molecule has 0 radical (unpaired) electrons. The lowest BCUT2D eigenvalue weighted by Gasteiger charge is -2.22. The molecule has 0 saturated carbocycles. The number of nitrogens with one attached hydrogen (secondary N) is 1. The van der Waals surface area contributed by atoms with E-state index >= 15 is 0 Å². The van der Waals surface area contributed by atoms with E-state index in [0.29, 0.717) is 12.1 Å². The first-order valence-electron chi connectivity index (χ1n) is 6.66. The first kappa shape index (κ1) is 15.7. The number of ether oxygens (including phenoxy) is 1. The van der Waals surface area contributed by atoms with Gasteiger partial charge in [0.1, 0.15) is 0 Å². The summed E-state index contributed by atoms with van der Waals surface area (Å²) in [4.78, 5) is 0. The molecule has 2 atom stereocenters. The molecule has 102 valence electrons. The Morgan fingerprint density at radius 2 is 2.17 bits per heavy atom. The topological polar surface area (TPSA) is 21.3 Å². The fourth-order valence-electron chi connectivity index (χ4n) is 2.03. The van der Waals surface area contributed by atoms with Gasteiger partial charge in [0.25, 0.3) is 0 Å². The van der Waals surface area contributed by atoms with E-state index in [4.69, 9.17) is 4.74 Å². The Balaban J connectivity index is 2.59. The summed E-state index contributed by atoms with van der Waals surface area (Å²) in [7, 11) is 1.78. The van der Waals surface area contributed by atoms with Crippen LogP contribution in [0.3, 0.4) is 0 Å². The zero-order valence-electron chi connectivity index (χ0n) is 11.6. The molecule has 2 unspecified atom stereocenters. The van der Waals surface area contributed by atoms with Gasteiger partial charge in [-0.1, -0.05) is 35.0 Å². The highest BCUT2D eigenvalue weighted by molar-refractivity contribution is 9.10. The Labute approximate surface area is 119 Å². The normalized spacial score (nSPS) is 14.4. The number of hydrogen-bond acceptors (Lipinski definition) is 2. The van der Waals surface area contributed by atoms with Crippen LogP contribution in [0, 0.1) is 0 Å². The maximum atomic E-state index is 5.37. The molecular weight excluding hydrogens is 290 g/mol. The van der Waals surface area contributed by atoms with Gasteiger partial charge < -0.3 is 10.1 Å². The van der Waals surface area contributed by atoms with Gasteiger partial charge >= 0.3 is 0 Å². The maximum absolute atomic E-state index is 5.37. The minimum Gasteiger partial charge on any atom is -0.382 e. The van der Waals surface area contributed by atoms with Gasteiger partial charge in [-0.05, 0) is 50.4 Å². The van der Waals surface area contributed by atoms with Crippen LogP contribution in [0.15, 0.2) is 28.7 Å². The molecule has 0 aliphatic rings. The third-order valence-electron chi connectivity index (χ3n) is 3.07. The van der Waals surface area contributed by atoms with Gasteiger partial charge in [-0.2, -0.15) is 0 Å². The monoisotopic (exact) mass is 313 g/mol. The third-order valence-corrected chi connectivity index (χ3v) is 3.57. The Kier molecular flexibility index (Phi) is 7.56. The molecule has 3 heteroatoms. The molecule has 0 fully saturated rings. The number of methoxy groups -OCH3 is 1. The molecular formula is C15H24BrNO. The summed E-state index contributed by atoms with van der Waals surface area (Å²) in [6.45, 7) is 5.39. The number of halogens is 1. The molecule has 1 aromatic carbocycles. The van der Waals surface area contributed by atoms with Crippen LogP contribution in [0.1, 0.15) is 32.3 Å². The molecule has 0 bridgehead atoms. The molecule has 0 spiro atoms. The van der Waals surface area contributed by atoms with E-state index in [1.165, 1.54) is 5.56 Å². The van der Waals surface area contributed by atoms with Crippen molar-refractivity contribution in [2.45, 2.75) is 45.3 Å². The highest BCUT2D eigenvalue weighted by Gasteiger charge is 2.13. The van der Waals surface area contributed by atoms with Crippen molar-refractivity contribution in [1.82, 2.24) is 5.32 Å². The van der Waals surface area contributed by atoms with Gasteiger partial charge in [0.05, 0.1) is 6.10 Å². The molecule has 2 nitrogen and oxygen atoms in total. The van der Waals surface area contributed by atoms with Crippen molar-refractivity contribution < 1.29 is 4.74 Å². The zero-order chi connectivity index (χ0) is 13.4. The fourth-order valence-corrected chi connectivity index (χ4v) is 2.48. The maximum Gasteiger partial charge on any atom is 0.0558 e. The van der Waals surface area contributed by atoms with Crippen molar-refractivity contribution in [3.8, 4) is 0 Å². The van der Waals surface area contributed by atoms with E-state index < -0.39 is 0 Å². The second kappa shape index (κ2) is 8.68. The molecule has 1 aromatic rings. The standard InChI is InChI=1S/C15H24BrNO/c1-4-8-17-15(9-12(2)18-3)11-13-6-5-7-14(16)10-13/h5-7,10,12,15,17H,4,8-9,11H2,1-3H3. The smallest absolute Gasteiger partial charge is 0.0558 e. The number of hydrogen-bond donors (Lipinski definition) is 1.